The zero-order valence-corrected chi connectivity index (χ0v) is 11.5. The molecule has 0 amide bonds. The first-order valence-corrected chi connectivity index (χ1v) is 7.20. The van der Waals surface area contributed by atoms with Crippen LogP contribution in [0.2, 0.25) is 0 Å². The smallest absolute Gasteiger partial charge is 0.128 e. The maximum Gasteiger partial charge on any atom is 0.128 e. The topological polar surface area (TPSA) is 36.4 Å². The quantitative estimate of drug-likeness (QED) is 0.895. The summed E-state index contributed by atoms with van der Waals surface area (Å²) in [4.78, 5) is 6.57. The summed E-state index contributed by atoms with van der Waals surface area (Å²) in [5, 5.41) is 9.56. The number of aliphatic hydroxyl groups is 1. The molecule has 17 heavy (non-hydrogen) atoms. The van der Waals surface area contributed by atoms with Crippen LogP contribution in [-0.4, -0.2) is 35.5 Å². The molecule has 1 aliphatic heterocycles. The highest BCUT2D eigenvalue weighted by molar-refractivity contribution is 7.99. The third-order valence-electron chi connectivity index (χ3n) is 3.44. The normalized spacial score (nSPS) is 20.9. The minimum absolute atomic E-state index is 0.107. The minimum atomic E-state index is -0.200. The lowest BCUT2D eigenvalue weighted by Gasteiger charge is -2.24. The van der Waals surface area contributed by atoms with Crippen LogP contribution in [0.25, 0.3) is 0 Å². The second kappa shape index (κ2) is 4.86. The first-order chi connectivity index (χ1) is 8.03. The van der Waals surface area contributed by atoms with Gasteiger partial charge < -0.3 is 10.0 Å². The monoisotopic (exact) mass is 252 g/mol. The predicted molar refractivity (Wildman–Crippen MR) is 73.6 cm³/mol. The number of aliphatic hydroxyl groups excluding tert-OH is 1. The summed E-state index contributed by atoms with van der Waals surface area (Å²) in [5.74, 6) is 0.987. The van der Waals surface area contributed by atoms with E-state index in [2.05, 4.69) is 42.1 Å². The van der Waals surface area contributed by atoms with Crippen molar-refractivity contribution in [3.05, 3.63) is 23.9 Å². The van der Waals surface area contributed by atoms with E-state index in [1.54, 1.807) is 0 Å². The SMILES string of the molecule is CSC(C)(C)c1ccnc(N2CCC(O)C2)c1. The molecule has 2 rings (SSSR count). The van der Waals surface area contributed by atoms with Crippen molar-refractivity contribution < 1.29 is 5.11 Å². The van der Waals surface area contributed by atoms with Crippen LogP contribution in [0.3, 0.4) is 0 Å². The van der Waals surface area contributed by atoms with E-state index in [1.165, 1.54) is 5.56 Å². The molecule has 1 N–H and O–H groups in total. The van der Waals surface area contributed by atoms with Crippen molar-refractivity contribution in [2.24, 2.45) is 0 Å². The van der Waals surface area contributed by atoms with Gasteiger partial charge in [-0.25, -0.2) is 4.98 Å². The van der Waals surface area contributed by atoms with Crippen LogP contribution in [0.1, 0.15) is 25.8 Å². The molecular formula is C13H20N2OS. The standard InChI is InChI=1S/C13H20N2OS/c1-13(2,17-3)10-4-6-14-12(8-10)15-7-5-11(16)9-15/h4,6,8,11,16H,5,7,9H2,1-3H3. The molecule has 0 bridgehead atoms. The highest BCUT2D eigenvalue weighted by Crippen LogP contribution is 2.34. The molecule has 4 heteroatoms. The number of nitrogens with zero attached hydrogens (tertiary/aromatic N) is 2. The summed E-state index contributed by atoms with van der Waals surface area (Å²) in [5.41, 5.74) is 1.29. The number of pyridine rings is 1. The zero-order valence-electron chi connectivity index (χ0n) is 10.7. The van der Waals surface area contributed by atoms with Crippen LogP contribution in [0.5, 0.6) is 0 Å². The van der Waals surface area contributed by atoms with E-state index in [0.29, 0.717) is 6.54 Å². The van der Waals surface area contributed by atoms with Crippen LogP contribution >= 0.6 is 11.8 Å². The molecular weight excluding hydrogens is 232 g/mol. The van der Waals surface area contributed by atoms with Gasteiger partial charge in [-0.05, 0) is 44.2 Å². The first-order valence-electron chi connectivity index (χ1n) is 5.97. The average Bonchev–Trinajstić information content (AvgIpc) is 2.76. The number of thioether (sulfide) groups is 1. The van der Waals surface area contributed by atoms with E-state index in [9.17, 15) is 5.11 Å². The number of hydrogen-bond acceptors (Lipinski definition) is 4. The Morgan fingerprint density at radius 1 is 1.53 bits per heavy atom. The summed E-state index contributed by atoms with van der Waals surface area (Å²) in [6.07, 6.45) is 4.64. The Bertz CT molecular complexity index is 395. The molecule has 3 nitrogen and oxygen atoms in total. The van der Waals surface area contributed by atoms with Crippen LogP contribution in [0.15, 0.2) is 18.3 Å². The molecule has 1 aromatic rings. The molecule has 1 aromatic heterocycles. The van der Waals surface area contributed by atoms with Gasteiger partial charge in [0.1, 0.15) is 5.82 Å². The van der Waals surface area contributed by atoms with Gasteiger partial charge in [-0.3, -0.25) is 0 Å². The second-order valence-corrected chi connectivity index (χ2v) is 6.43. The molecule has 0 aromatic carbocycles. The fourth-order valence-electron chi connectivity index (χ4n) is 2.03. The van der Waals surface area contributed by atoms with Crippen molar-refractivity contribution in [3.8, 4) is 0 Å². The van der Waals surface area contributed by atoms with Crippen molar-refractivity contribution in [2.75, 3.05) is 24.2 Å². The Labute approximate surface area is 107 Å². The van der Waals surface area contributed by atoms with Crippen LogP contribution in [0.4, 0.5) is 5.82 Å². The van der Waals surface area contributed by atoms with Gasteiger partial charge in [0.25, 0.3) is 0 Å². The number of anilines is 1. The van der Waals surface area contributed by atoms with E-state index in [1.807, 2.05) is 18.0 Å². The van der Waals surface area contributed by atoms with E-state index in [0.717, 1.165) is 18.8 Å². The third kappa shape index (κ3) is 2.75. The van der Waals surface area contributed by atoms with Crippen molar-refractivity contribution >= 4 is 17.6 Å². The fourth-order valence-corrected chi connectivity index (χ4v) is 2.40. The van der Waals surface area contributed by atoms with Gasteiger partial charge in [0.05, 0.1) is 6.10 Å². The Balaban J connectivity index is 2.23. The van der Waals surface area contributed by atoms with Crippen LogP contribution in [0, 0.1) is 0 Å². The maximum atomic E-state index is 9.56. The molecule has 1 saturated heterocycles. The summed E-state index contributed by atoms with van der Waals surface area (Å²) in [6, 6.07) is 4.22. The highest BCUT2D eigenvalue weighted by Gasteiger charge is 2.24. The van der Waals surface area contributed by atoms with E-state index >= 15 is 0 Å². The number of aromatic nitrogens is 1. The summed E-state index contributed by atoms with van der Waals surface area (Å²) in [6.45, 7) is 6.04. The average molecular weight is 252 g/mol. The van der Waals surface area contributed by atoms with Crippen molar-refractivity contribution in [1.82, 2.24) is 4.98 Å². The zero-order chi connectivity index (χ0) is 12.5. The minimum Gasteiger partial charge on any atom is -0.391 e. The molecule has 0 saturated carbocycles. The molecule has 2 heterocycles. The van der Waals surface area contributed by atoms with Crippen molar-refractivity contribution in [2.45, 2.75) is 31.1 Å². The van der Waals surface area contributed by atoms with Crippen LogP contribution < -0.4 is 4.90 Å². The summed E-state index contributed by atoms with van der Waals surface area (Å²) < 4.78 is 0.107. The fraction of sp³-hybridized carbons (Fsp3) is 0.615. The molecule has 94 valence electrons. The molecule has 1 atom stereocenters. The molecule has 1 aliphatic rings. The molecule has 0 aliphatic carbocycles. The highest BCUT2D eigenvalue weighted by atomic mass is 32.2. The first kappa shape index (κ1) is 12.7. The number of β-amino-alcohol motifs (C(OH)–C–C–N with tert-alkyl or cyclic N) is 1. The Morgan fingerprint density at radius 3 is 2.88 bits per heavy atom. The van der Waals surface area contributed by atoms with Gasteiger partial charge in [0, 0.05) is 24.0 Å². The molecule has 1 unspecified atom stereocenters. The van der Waals surface area contributed by atoms with Gasteiger partial charge in [0.2, 0.25) is 0 Å². The number of hydrogen-bond donors (Lipinski definition) is 1. The van der Waals surface area contributed by atoms with Crippen LogP contribution in [-0.2, 0) is 4.75 Å². The lowest BCUT2D eigenvalue weighted by Crippen LogP contribution is -2.23. The Hall–Kier alpha value is -0.740. The number of rotatable bonds is 3. The predicted octanol–water partition coefficient (Wildman–Crippen LogP) is 2.25. The van der Waals surface area contributed by atoms with Crippen molar-refractivity contribution in [1.29, 1.82) is 0 Å². The Morgan fingerprint density at radius 2 is 2.29 bits per heavy atom. The van der Waals surface area contributed by atoms with Gasteiger partial charge in [-0.1, -0.05) is 0 Å². The Kier molecular flexibility index (Phi) is 3.64. The molecule has 1 fully saturated rings. The van der Waals surface area contributed by atoms with E-state index in [4.69, 9.17) is 0 Å². The molecule has 0 spiro atoms. The lowest BCUT2D eigenvalue weighted by atomic mass is 10.0. The third-order valence-corrected chi connectivity index (χ3v) is 4.69. The maximum absolute atomic E-state index is 9.56. The van der Waals surface area contributed by atoms with E-state index in [-0.39, 0.29) is 10.9 Å². The van der Waals surface area contributed by atoms with Gasteiger partial charge in [0.15, 0.2) is 0 Å². The summed E-state index contributed by atoms with van der Waals surface area (Å²) >= 11 is 1.84. The van der Waals surface area contributed by atoms with Gasteiger partial charge in [-0.2, -0.15) is 11.8 Å². The summed E-state index contributed by atoms with van der Waals surface area (Å²) in [7, 11) is 0. The van der Waals surface area contributed by atoms with E-state index < -0.39 is 0 Å². The van der Waals surface area contributed by atoms with Gasteiger partial charge >= 0.3 is 0 Å². The molecule has 0 radical (unpaired) electrons. The lowest BCUT2D eigenvalue weighted by molar-refractivity contribution is 0.198. The second-order valence-electron chi connectivity index (χ2n) is 5.01. The van der Waals surface area contributed by atoms with Gasteiger partial charge in [-0.15, -0.1) is 0 Å². The largest absolute Gasteiger partial charge is 0.391 e. The van der Waals surface area contributed by atoms with Crippen molar-refractivity contribution in [3.63, 3.8) is 0 Å².